The van der Waals surface area contributed by atoms with E-state index in [0.717, 1.165) is 64.4 Å². The number of rotatable bonds is 5. The fourth-order valence-corrected chi connectivity index (χ4v) is 5.58. The lowest BCUT2D eigenvalue weighted by molar-refractivity contribution is -0.120. The highest BCUT2D eigenvalue weighted by molar-refractivity contribution is 6.00. The van der Waals surface area contributed by atoms with Crippen molar-refractivity contribution in [2.75, 3.05) is 5.32 Å². The quantitative estimate of drug-likeness (QED) is 0.224. The molecule has 6 aromatic rings. The summed E-state index contributed by atoms with van der Waals surface area (Å²) < 4.78 is 13.5. The van der Waals surface area contributed by atoms with Gasteiger partial charge in [-0.1, -0.05) is 31.4 Å². The number of nitrogens with zero attached hydrogens (tertiary/aromatic N) is 4. The Balaban J connectivity index is 1.22. The molecule has 1 aromatic carbocycles. The van der Waals surface area contributed by atoms with Crippen molar-refractivity contribution in [2.24, 2.45) is 5.92 Å². The first kappa shape index (κ1) is 24.1. The summed E-state index contributed by atoms with van der Waals surface area (Å²) in [7, 11) is 0. The summed E-state index contributed by atoms with van der Waals surface area (Å²) in [5.74, 6) is -0.141. The number of aromatic amines is 2. The van der Waals surface area contributed by atoms with Crippen molar-refractivity contribution in [1.29, 1.82) is 0 Å². The van der Waals surface area contributed by atoms with Crippen LogP contribution in [0.5, 0.6) is 0 Å². The Morgan fingerprint density at radius 2 is 1.68 bits per heavy atom. The normalized spacial score (nSPS) is 14.1. The maximum atomic E-state index is 13.5. The summed E-state index contributed by atoms with van der Waals surface area (Å²) in [5.41, 5.74) is 7.09. The lowest BCUT2D eigenvalue weighted by Gasteiger charge is -2.20. The molecule has 40 heavy (non-hydrogen) atoms. The van der Waals surface area contributed by atoms with E-state index in [0.29, 0.717) is 22.7 Å². The van der Waals surface area contributed by atoms with Gasteiger partial charge in [0.25, 0.3) is 0 Å². The van der Waals surface area contributed by atoms with Crippen molar-refractivity contribution in [1.82, 2.24) is 30.1 Å². The van der Waals surface area contributed by atoms with Gasteiger partial charge in [-0.05, 0) is 60.4 Å². The summed E-state index contributed by atoms with van der Waals surface area (Å²) in [5, 5.41) is 12.4. The molecule has 198 valence electrons. The average Bonchev–Trinajstić information content (AvgIpc) is 3.62. The fraction of sp³-hybridized carbons (Fsp3) is 0.194. The molecule has 0 spiro atoms. The molecule has 0 aliphatic heterocycles. The molecule has 1 aliphatic rings. The largest absolute Gasteiger partial charge is 0.338 e. The van der Waals surface area contributed by atoms with Crippen LogP contribution in [-0.2, 0) is 4.79 Å². The van der Waals surface area contributed by atoms with Crippen LogP contribution in [0.2, 0.25) is 0 Å². The SMILES string of the molecule is O=C(Nc1cncc(-c2cnc3[nH]nc(-c4cc5c(-c6ccc(F)cc6)ccnc5[nH]4)c3c2)c1)C1CCCCC1. The van der Waals surface area contributed by atoms with Crippen LogP contribution in [0.4, 0.5) is 10.1 Å². The Bertz CT molecular complexity index is 1850. The number of amides is 1. The van der Waals surface area contributed by atoms with Crippen LogP contribution < -0.4 is 5.32 Å². The lowest BCUT2D eigenvalue weighted by atomic mass is 9.88. The Morgan fingerprint density at radius 1 is 0.850 bits per heavy atom. The van der Waals surface area contributed by atoms with Gasteiger partial charge in [0.2, 0.25) is 5.91 Å². The number of pyridine rings is 3. The Morgan fingerprint density at radius 3 is 2.52 bits per heavy atom. The van der Waals surface area contributed by atoms with Crippen molar-refractivity contribution in [2.45, 2.75) is 32.1 Å². The van der Waals surface area contributed by atoms with Crippen LogP contribution in [-0.4, -0.2) is 36.0 Å². The van der Waals surface area contributed by atoms with Gasteiger partial charge in [-0.2, -0.15) is 5.10 Å². The Hall–Kier alpha value is -4.92. The van der Waals surface area contributed by atoms with Gasteiger partial charge in [-0.25, -0.2) is 14.4 Å². The van der Waals surface area contributed by atoms with Crippen molar-refractivity contribution in [3.05, 3.63) is 79.1 Å². The van der Waals surface area contributed by atoms with Crippen molar-refractivity contribution in [3.63, 3.8) is 0 Å². The van der Waals surface area contributed by atoms with Gasteiger partial charge in [0, 0.05) is 46.4 Å². The lowest BCUT2D eigenvalue weighted by Crippen LogP contribution is -2.24. The minimum atomic E-state index is -0.276. The maximum absolute atomic E-state index is 13.5. The first-order valence-electron chi connectivity index (χ1n) is 13.5. The molecule has 0 atom stereocenters. The monoisotopic (exact) mass is 531 g/mol. The van der Waals surface area contributed by atoms with Crippen LogP contribution in [0.3, 0.4) is 0 Å². The predicted molar refractivity (Wildman–Crippen MR) is 153 cm³/mol. The van der Waals surface area contributed by atoms with Gasteiger partial charge in [-0.3, -0.25) is 14.9 Å². The number of anilines is 1. The van der Waals surface area contributed by atoms with E-state index in [1.165, 1.54) is 18.6 Å². The minimum Gasteiger partial charge on any atom is -0.338 e. The molecular formula is C31H26FN7O. The molecule has 3 N–H and O–H groups in total. The summed E-state index contributed by atoms with van der Waals surface area (Å²) in [6, 6.07) is 14.3. The summed E-state index contributed by atoms with van der Waals surface area (Å²) in [6.45, 7) is 0. The van der Waals surface area contributed by atoms with Gasteiger partial charge in [0.1, 0.15) is 17.2 Å². The Kier molecular flexibility index (Phi) is 6.03. The number of fused-ring (bicyclic) bond motifs is 2. The molecule has 9 heteroatoms. The van der Waals surface area contributed by atoms with Crippen LogP contribution in [0.15, 0.2) is 73.3 Å². The van der Waals surface area contributed by atoms with Gasteiger partial charge < -0.3 is 10.3 Å². The molecule has 0 saturated heterocycles. The maximum Gasteiger partial charge on any atom is 0.227 e. The zero-order valence-corrected chi connectivity index (χ0v) is 21.6. The van der Waals surface area contributed by atoms with Gasteiger partial charge >= 0.3 is 0 Å². The van der Waals surface area contributed by atoms with Crippen molar-refractivity contribution >= 4 is 33.7 Å². The molecule has 8 nitrogen and oxygen atoms in total. The molecule has 1 aliphatic carbocycles. The number of hydrogen-bond acceptors (Lipinski definition) is 5. The second kappa shape index (κ2) is 10.00. The van der Waals surface area contributed by atoms with Crippen LogP contribution in [0.25, 0.3) is 55.7 Å². The van der Waals surface area contributed by atoms with E-state index >= 15 is 0 Å². The van der Waals surface area contributed by atoms with E-state index in [1.54, 1.807) is 36.9 Å². The molecular weight excluding hydrogens is 505 g/mol. The number of nitrogens with one attached hydrogen (secondary N) is 3. The van der Waals surface area contributed by atoms with Crippen molar-refractivity contribution < 1.29 is 9.18 Å². The molecule has 5 aromatic heterocycles. The first-order valence-corrected chi connectivity index (χ1v) is 13.5. The smallest absolute Gasteiger partial charge is 0.227 e. The molecule has 5 heterocycles. The second-order valence-electron chi connectivity index (χ2n) is 10.3. The Labute approximate surface area is 229 Å². The average molecular weight is 532 g/mol. The standard InChI is InChI=1S/C31H26FN7O/c32-22-8-6-18(7-9-22)24-10-11-34-29-25(24)14-27(37-29)28-26-13-21(16-35-30(26)39-38-28)20-12-23(17-33-15-20)36-31(40)19-4-2-1-3-5-19/h6-17,19H,1-5H2,(H,34,37)(H,36,40)(H,35,38,39). The van der Waals surface area contributed by atoms with Crippen molar-refractivity contribution in [3.8, 4) is 33.6 Å². The third-order valence-electron chi connectivity index (χ3n) is 7.67. The topological polar surface area (TPSA) is 112 Å². The number of aromatic nitrogens is 6. The van der Waals surface area contributed by atoms with Gasteiger partial charge in [0.15, 0.2) is 5.65 Å². The zero-order valence-electron chi connectivity index (χ0n) is 21.6. The van der Waals surface area contributed by atoms with E-state index < -0.39 is 0 Å². The highest BCUT2D eigenvalue weighted by Crippen LogP contribution is 2.34. The summed E-state index contributed by atoms with van der Waals surface area (Å²) in [4.78, 5) is 29.6. The molecule has 1 amide bonds. The third kappa shape index (κ3) is 4.49. The van der Waals surface area contributed by atoms with E-state index in [9.17, 15) is 9.18 Å². The van der Waals surface area contributed by atoms with E-state index in [1.807, 2.05) is 24.3 Å². The number of hydrogen-bond donors (Lipinski definition) is 3. The van der Waals surface area contributed by atoms with Crippen LogP contribution in [0, 0.1) is 11.7 Å². The molecule has 1 saturated carbocycles. The van der Waals surface area contributed by atoms with E-state index in [2.05, 4.69) is 35.5 Å². The summed E-state index contributed by atoms with van der Waals surface area (Å²) >= 11 is 0. The zero-order chi connectivity index (χ0) is 27.1. The minimum absolute atomic E-state index is 0.0665. The molecule has 0 bridgehead atoms. The number of carbonyl (C=O) groups excluding carboxylic acids is 1. The molecule has 0 unspecified atom stereocenters. The molecule has 0 radical (unpaired) electrons. The second-order valence-corrected chi connectivity index (χ2v) is 10.3. The van der Waals surface area contributed by atoms with Gasteiger partial charge in [0.05, 0.1) is 17.6 Å². The van der Waals surface area contributed by atoms with E-state index in [-0.39, 0.29) is 17.6 Å². The number of H-pyrrole nitrogens is 2. The molecule has 7 rings (SSSR count). The van der Waals surface area contributed by atoms with Crippen LogP contribution in [0.1, 0.15) is 32.1 Å². The highest BCUT2D eigenvalue weighted by Gasteiger charge is 2.21. The summed E-state index contributed by atoms with van der Waals surface area (Å²) in [6.07, 6.45) is 12.2. The number of benzene rings is 1. The van der Waals surface area contributed by atoms with Crippen LogP contribution >= 0.6 is 0 Å². The van der Waals surface area contributed by atoms with Gasteiger partial charge in [-0.15, -0.1) is 0 Å². The third-order valence-corrected chi connectivity index (χ3v) is 7.67. The predicted octanol–water partition coefficient (Wildman–Crippen LogP) is 6.89. The highest BCUT2D eigenvalue weighted by atomic mass is 19.1. The fourth-order valence-electron chi connectivity index (χ4n) is 5.58. The molecule has 1 fully saturated rings. The van der Waals surface area contributed by atoms with E-state index in [4.69, 9.17) is 0 Å². The number of halogens is 1. The first-order chi connectivity index (χ1) is 19.6. The number of carbonyl (C=O) groups is 1.